The number of hydrogen-bond donors (Lipinski definition) is 0. The van der Waals surface area contributed by atoms with Gasteiger partial charge in [-0.1, -0.05) is 48.6 Å². The van der Waals surface area contributed by atoms with E-state index in [0.717, 1.165) is 5.56 Å². The molecule has 0 N–H and O–H groups in total. The van der Waals surface area contributed by atoms with Crippen molar-refractivity contribution in [3.63, 3.8) is 0 Å². The van der Waals surface area contributed by atoms with Crippen LogP contribution in [0.5, 0.6) is 0 Å². The van der Waals surface area contributed by atoms with Crippen LogP contribution in [-0.2, 0) is 24.5 Å². The molecule has 0 radical (unpaired) electrons. The first kappa shape index (κ1) is 13.8. The number of esters is 2. The molecule has 1 aromatic carbocycles. The second-order valence-electron chi connectivity index (χ2n) is 6.64. The molecule has 4 heteroatoms. The van der Waals surface area contributed by atoms with Crippen LogP contribution in [0.25, 0.3) is 0 Å². The summed E-state index contributed by atoms with van der Waals surface area (Å²) in [7, 11) is 0. The molecule has 5 rings (SSSR count). The lowest BCUT2D eigenvalue weighted by Gasteiger charge is -2.37. The van der Waals surface area contributed by atoms with Gasteiger partial charge in [-0.3, -0.25) is 0 Å². The van der Waals surface area contributed by atoms with Gasteiger partial charge in [-0.2, -0.15) is 0 Å². The van der Waals surface area contributed by atoms with Crippen molar-refractivity contribution in [2.45, 2.75) is 17.9 Å². The van der Waals surface area contributed by atoms with Crippen LogP contribution in [0.2, 0.25) is 0 Å². The van der Waals surface area contributed by atoms with E-state index in [1.807, 2.05) is 30.4 Å². The first-order chi connectivity index (χ1) is 11.7. The number of carbonyl (C=O) groups is 2. The number of ether oxygens (including phenoxy) is 2. The summed E-state index contributed by atoms with van der Waals surface area (Å²) in [5, 5.41) is 0. The smallest absolute Gasteiger partial charge is 0.347 e. The van der Waals surface area contributed by atoms with E-state index in [4.69, 9.17) is 9.47 Å². The number of benzene rings is 1. The second-order valence-corrected chi connectivity index (χ2v) is 6.64. The van der Waals surface area contributed by atoms with Crippen LogP contribution in [0.4, 0.5) is 0 Å². The van der Waals surface area contributed by atoms with Gasteiger partial charge in [0.2, 0.25) is 0 Å². The number of fused-ring (bicyclic) bond motifs is 1. The van der Waals surface area contributed by atoms with Crippen LogP contribution < -0.4 is 0 Å². The van der Waals surface area contributed by atoms with Crippen molar-refractivity contribution in [2.75, 3.05) is 6.61 Å². The molecular formula is C20H16O4. The van der Waals surface area contributed by atoms with Gasteiger partial charge in [0.25, 0.3) is 0 Å². The van der Waals surface area contributed by atoms with Gasteiger partial charge < -0.3 is 9.47 Å². The molecule has 1 saturated carbocycles. The zero-order valence-electron chi connectivity index (χ0n) is 13.2. The number of carbonyl (C=O) groups excluding carboxylic acids is 2. The molecule has 0 aromatic heterocycles. The summed E-state index contributed by atoms with van der Waals surface area (Å²) in [6.45, 7) is 1.95. The molecule has 4 aliphatic rings. The standard InChI is InChI=1S/C20H16O4/c1-2-23-17(21)16-15-9-8-13-14-10-11-19(15,24-18(16)22)20(13,14)12-6-4-3-5-7-12/h3-11,13-14H,2H2,1H3. The first-order valence-electron chi connectivity index (χ1n) is 8.25. The fourth-order valence-corrected chi connectivity index (χ4v) is 4.95. The van der Waals surface area contributed by atoms with Crippen LogP contribution in [0.1, 0.15) is 12.5 Å². The van der Waals surface area contributed by atoms with Gasteiger partial charge in [0, 0.05) is 5.57 Å². The molecule has 1 fully saturated rings. The Labute approximate surface area is 139 Å². The Morgan fingerprint density at radius 2 is 1.96 bits per heavy atom. The van der Waals surface area contributed by atoms with Gasteiger partial charge in [0.15, 0.2) is 11.2 Å². The maximum Gasteiger partial charge on any atom is 0.347 e. The minimum absolute atomic E-state index is 0.0408. The molecule has 1 aromatic rings. The Kier molecular flexibility index (Phi) is 2.45. The van der Waals surface area contributed by atoms with Crippen LogP contribution in [0.3, 0.4) is 0 Å². The van der Waals surface area contributed by atoms with Crippen LogP contribution in [0, 0.1) is 11.8 Å². The minimum atomic E-state index is -0.877. The maximum absolute atomic E-state index is 12.5. The van der Waals surface area contributed by atoms with Crippen molar-refractivity contribution in [3.05, 3.63) is 71.3 Å². The van der Waals surface area contributed by atoms with Gasteiger partial charge in [-0.15, -0.1) is 0 Å². The zero-order valence-corrected chi connectivity index (χ0v) is 13.2. The molecule has 0 saturated heterocycles. The third kappa shape index (κ3) is 1.28. The van der Waals surface area contributed by atoms with Crippen molar-refractivity contribution in [3.8, 4) is 0 Å². The zero-order chi connectivity index (χ0) is 16.5. The average Bonchev–Trinajstić information content (AvgIpc) is 2.99. The van der Waals surface area contributed by atoms with Gasteiger partial charge in [0.1, 0.15) is 0 Å². The van der Waals surface area contributed by atoms with E-state index in [0.29, 0.717) is 17.4 Å². The minimum Gasteiger partial charge on any atom is -0.462 e. The molecule has 1 aliphatic heterocycles. The van der Waals surface area contributed by atoms with Gasteiger partial charge >= 0.3 is 11.9 Å². The van der Waals surface area contributed by atoms with Gasteiger partial charge in [-0.25, -0.2) is 9.59 Å². The average molecular weight is 320 g/mol. The monoisotopic (exact) mass is 320 g/mol. The summed E-state index contributed by atoms with van der Waals surface area (Å²) < 4.78 is 11.0. The van der Waals surface area contributed by atoms with E-state index in [-0.39, 0.29) is 17.6 Å². The number of rotatable bonds is 3. The lowest BCUT2D eigenvalue weighted by Crippen LogP contribution is -2.44. The molecule has 24 heavy (non-hydrogen) atoms. The normalized spacial score (nSPS) is 37.1. The first-order valence-corrected chi connectivity index (χ1v) is 8.25. The third-order valence-electron chi connectivity index (χ3n) is 5.81. The lowest BCUT2D eigenvalue weighted by atomic mass is 9.70. The molecule has 0 amide bonds. The highest BCUT2D eigenvalue weighted by molar-refractivity contribution is 6.18. The summed E-state index contributed by atoms with van der Waals surface area (Å²) >= 11 is 0. The molecule has 0 bridgehead atoms. The van der Waals surface area contributed by atoms with E-state index in [9.17, 15) is 9.59 Å². The molecule has 3 aliphatic carbocycles. The molecule has 1 spiro atoms. The van der Waals surface area contributed by atoms with Crippen molar-refractivity contribution in [1.29, 1.82) is 0 Å². The van der Waals surface area contributed by atoms with Gasteiger partial charge in [0.05, 0.1) is 12.0 Å². The second kappa shape index (κ2) is 4.26. The summed E-state index contributed by atoms with van der Waals surface area (Å²) in [4.78, 5) is 24.8. The molecule has 4 unspecified atom stereocenters. The van der Waals surface area contributed by atoms with Crippen molar-refractivity contribution >= 4 is 11.9 Å². The molecule has 4 atom stereocenters. The Morgan fingerprint density at radius 3 is 2.71 bits per heavy atom. The number of hydrogen-bond acceptors (Lipinski definition) is 4. The van der Waals surface area contributed by atoms with Crippen LogP contribution in [-0.4, -0.2) is 24.1 Å². The predicted molar refractivity (Wildman–Crippen MR) is 85.9 cm³/mol. The summed E-state index contributed by atoms with van der Waals surface area (Å²) in [5.41, 5.74) is 0.631. The largest absolute Gasteiger partial charge is 0.462 e. The van der Waals surface area contributed by atoms with E-state index in [1.165, 1.54) is 0 Å². The Hall–Kier alpha value is -2.62. The lowest BCUT2D eigenvalue weighted by molar-refractivity contribution is -0.149. The van der Waals surface area contributed by atoms with Gasteiger partial charge in [-0.05, 0) is 30.4 Å². The van der Waals surface area contributed by atoms with Crippen molar-refractivity contribution in [1.82, 2.24) is 0 Å². The summed E-state index contributed by atoms with van der Waals surface area (Å²) in [5.74, 6) is -0.592. The molecular weight excluding hydrogens is 304 g/mol. The number of allylic oxidation sites excluding steroid dienone is 2. The molecule has 120 valence electrons. The van der Waals surface area contributed by atoms with E-state index < -0.39 is 17.5 Å². The van der Waals surface area contributed by atoms with Crippen molar-refractivity contribution < 1.29 is 19.1 Å². The SMILES string of the molecule is CCOC(=O)C1=C2C=CC3C4C=CC2(OC1=O)C34c1ccccc1. The fourth-order valence-electron chi connectivity index (χ4n) is 4.95. The third-order valence-corrected chi connectivity index (χ3v) is 5.81. The van der Waals surface area contributed by atoms with Crippen LogP contribution in [0.15, 0.2) is 65.8 Å². The summed E-state index contributed by atoms with van der Waals surface area (Å²) in [6.07, 6.45) is 8.08. The van der Waals surface area contributed by atoms with E-state index in [1.54, 1.807) is 6.92 Å². The fraction of sp³-hybridized carbons (Fsp3) is 0.300. The quantitative estimate of drug-likeness (QED) is 0.488. The highest BCUT2D eigenvalue weighted by Crippen LogP contribution is 2.76. The Morgan fingerprint density at radius 1 is 1.21 bits per heavy atom. The Bertz CT molecular complexity index is 863. The van der Waals surface area contributed by atoms with Crippen molar-refractivity contribution in [2.24, 2.45) is 11.8 Å². The highest BCUT2D eigenvalue weighted by Gasteiger charge is 2.81. The summed E-state index contributed by atoms with van der Waals surface area (Å²) in [6, 6.07) is 10.1. The van der Waals surface area contributed by atoms with E-state index >= 15 is 0 Å². The van der Waals surface area contributed by atoms with E-state index in [2.05, 4.69) is 24.3 Å². The molecule has 4 nitrogen and oxygen atoms in total. The maximum atomic E-state index is 12.5. The Balaban J connectivity index is 1.73. The topological polar surface area (TPSA) is 52.6 Å². The highest BCUT2D eigenvalue weighted by atomic mass is 16.6. The molecule has 1 heterocycles. The predicted octanol–water partition coefficient (Wildman–Crippen LogP) is 2.47. The van der Waals surface area contributed by atoms with Crippen LogP contribution >= 0.6 is 0 Å².